The number of methoxy groups -OCH3 is 1. The van der Waals surface area contributed by atoms with Crippen molar-refractivity contribution >= 4 is 32.6 Å². The largest absolute Gasteiger partial charge is 0.497 e. The zero-order valence-electron chi connectivity index (χ0n) is 16.1. The van der Waals surface area contributed by atoms with E-state index in [-0.39, 0.29) is 5.56 Å². The molecule has 2 aromatic carbocycles. The van der Waals surface area contributed by atoms with E-state index < -0.39 is 17.5 Å². The molecule has 4 aromatic rings. The first kappa shape index (κ1) is 20.0. The summed E-state index contributed by atoms with van der Waals surface area (Å²) < 4.78 is 35.6. The molecule has 6 nitrogen and oxygen atoms in total. The van der Waals surface area contributed by atoms with Crippen molar-refractivity contribution in [2.75, 3.05) is 18.6 Å². The number of carbonyl (C=O) groups is 1. The second-order valence-corrected chi connectivity index (χ2v) is 7.57. The van der Waals surface area contributed by atoms with Crippen molar-refractivity contribution in [1.29, 1.82) is 0 Å². The molecule has 0 N–H and O–H groups in total. The summed E-state index contributed by atoms with van der Waals surface area (Å²) >= 11 is 1.31. The van der Waals surface area contributed by atoms with Crippen LogP contribution in [0.15, 0.2) is 55.1 Å². The van der Waals surface area contributed by atoms with Crippen molar-refractivity contribution in [3.63, 3.8) is 0 Å². The second kappa shape index (κ2) is 8.58. The predicted octanol–water partition coefficient (Wildman–Crippen LogP) is 4.52. The van der Waals surface area contributed by atoms with Gasteiger partial charge in [-0.05, 0) is 36.8 Å². The average Bonchev–Trinajstić information content (AvgIpc) is 3.39. The Hall–Kier alpha value is -3.33. The fraction of sp³-hybridized carbons (Fsp3) is 0.190. The summed E-state index contributed by atoms with van der Waals surface area (Å²) in [5.74, 6) is -1.52. The Morgan fingerprint density at radius 2 is 2.10 bits per heavy atom. The normalized spacial score (nSPS) is 11.0. The van der Waals surface area contributed by atoms with Gasteiger partial charge in [-0.15, -0.1) is 0 Å². The molecule has 0 radical (unpaired) electrons. The van der Waals surface area contributed by atoms with Gasteiger partial charge in [0.25, 0.3) is 5.91 Å². The number of hydrogen-bond acceptors (Lipinski definition) is 5. The van der Waals surface area contributed by atoms with Gasteiger partial charge in [0.15, 0.2) is 5.13 Å². The maximum Gasteiger partial charge on any atom is 0.263 e. The second-order valence-electron chi connectivity index (χ2n) is 6.57. The highest BCUT2D eigenvalue weighted by atomic mass is 32.1. The number of halogens is 2. The number of hydrogen-bond donors (Lipinski definition) is 0. The Morgan fingerprint density at radius 1 is 1.23 bits per heavy atom. The van der Waals surface area contributed by atoms with Crippen LogP contribution in [0, 0.1) is 11.6 Å². The summed E-state index contributed by atoms with van der Waals surface area (Å²) in [7, 11) is 1.58. The van der Waals surface area contributed by atoms with Crippen molar-refractivity contribution < 1.29 is 18.3 Å². The van der Waals surface area contributed by atoms with Gasteiger partial charge in [-0.25, -0.2) is 18.7 Å². The molecule has 4 rings (SSSR count). The van der Waals surface area contributed by atoms with E-state index in [2.05, 4.69) is 9.97 Å². The van der Waals surface area contributed by atoms with Crippen LogP contribution in [0.5, 0.6) is 5.75 Å². The minimum absolute atomic E-state index is 0.198. The molecule has 154 valence electrons. The highest BCUT2D eigenvalue weighted by Crippen LogP contribution is 2.32. The third kappa shape index (κ3) is 4.16. The number of anilines is 1. The summed E-state index contributed by atoms with van der Waals surface area (Å²) in [6.45, 7) is 0.944. The van der Waals surface area contributed by atoms with Crippen LogP contribution in [-0.2, 0) is 6.54 Å². The number of carbonyl (C=O) groups excluding carboxylic acids is 1. The molecule has 0 bridgehead atoms. The molecule has 0 saturated carbocycles. The molecule has 0 aliphatic heterocycles. The number of fused-ring (bicyclic) bond motifs is 1. The van der Waals surface area contributed by atoms with Crippen molar-refractivity contribution in [3.8, 4) is 5.75 Å². The van der Waals surface area contributed by atoms with E-state index in [0.717, 1.165) is 16.8 Å². The van der Waals surface area contributed by atoms with E-state index in [9.17, 15) is 13.6 Å². The summed E-state index contributed by atoms with van der Waals surface area (Å²) in [4.78, 5) is 23.1. The fourth-order valence-electron chi connectivity index (χ4n) is 3.06. The van der Waals surface area contributed by atoms with Crippen LogP contribution in [0.2, 0.25) is 0 Å². The van der Waals surface area contributed by atoms with Gasteiger partial charge in [0.05, 0.1) is 29.2 Å². The number of benzene rings is 2. The van der Waals surface area contributed by atoms with Gasteiger partial charge in [-0.2, -0.15) is 0 Å². The maximum atomic E-state index is 14.3. The summed E-state index contributed by atoms with van der Waals surface area (Å²) in [6, 6.07) is 8.37. The third-order valence-electron chi connectivity index (χ3n) is 4.58. The van der Waals surface area contributed by atoms with Crippen molar-refractivity contribution in [2.45, 2.75) is 13.0 Å². The molecule has 0 spiro atoms. The summed E-state index contributed by atoms with van der Waals surface area (Å²) in [5.41, 5.74) is 0.513. The Kier molecular flexibility index (Phi) is 5.71. The number of aromatic nitrogens is 3. The summed E-state index contributed by atoms with van der Waals surface area (Å²) in [5, 5.41) is 0.442. The van der Waals surface area contributed by atoms with Crippen LogP contribution in [-0.4, -0.2) is 34.1 Å². The first-order valence-corrected chi connectivity index (χ1v) is 10.0. The van der Waals surface area contributed by atoms with Gasteiger partial charge in [0, 0.05) is 31.5 Å². The van der Waals surface area contributed by atoms with Crippen LogP contribution in [0.25, 0.3) is 10.2 Å². The zero-order chi connectivity index (χ0) is 21.1. The number of amides is 1. The molecule has 30 heavy (non-hydrogen) atoms. The molecule has 0 aliphatic rings. The van der Waals surface area contributed by atoms with E-state index in [1.54, 1.807) is 31.8 Å². The number of thiazole rings is 1. The number of ether oxygens (including phenoxy) is 1. The maximum absolute atomic E-state index is 14.3. The highest BCUT2D eigenvalue weighted by molar-refractivity contribution is 7.22. The quantitative estimate of drug-likeness (QED) is 0.434. The molecular weight excluding hydrogens is 410 g/mol. The topological polar surface area (TPSA) is 60.2 Å². The van der Waals surface area contributed by atoms with E-state index >= 15 is 0 Å². The molecule has 0 unspecified atom stereocenters. The molecule has 9 heteroatoms. The van der Waals surface area contributed by atoms with Crippen LogP contribution >= 0.6 is 11.3 Å². The molecule has 1 amide bonds. The van der Waals surface area contributed by atoms with Crippen molar-refractivity contribution in [2.24, 2.45) is 0 Å². The van der Waals surface area contributed by atoms with E-state index in [1.807, 2.05) is 16.8 Å². The number of aryl methyl sites for hydroxylation is 1. The number of nitrogens with zero attached hydrogens (tertiary/aromatic N) is 4. The van der Waals surface area contributed by atoms with E-state index in [0.29, 0.717) is 42.0 Å². The van der Waals surface area contributed by atoms with Crippen LogP contribution in [0.4, 0.5) is 13.9 Å². The molecular formula is C21H18F2N4O2S. The molecule has 2 heterocycles. The van der Waals surface area contributed by atoms with Crippen molar-refractivity contribution in [1.82, 2.24) is 14.5 Å². The lowest BCUT2D eigenvalue weighted by molar-refractivity contribution is 0.0982. The van der Waals surface area contributed by atoms with Crippen molar-refractivity contribution in [3.05, 3.63) is 72.3 Å². The molecule has 0 aliphatic carbocycles. The predicted molar refractivity (Wildman–Crippen MR) is 111 cm³/mol. The van der Waals surface area contributed by atoms with Crippen LogP contribution in [0.3, 0.4) is 0 Å². The zero-order valence-corrected chi connectivity index (χ0v) is 16.9. The Morgan fingerprint density at radius 3 is 2.83 bits per heavy atom. The SMILES string of the molecule is COc1ccc2nc(N(CCCn3ccnc3)C(=O)c3ccc(F)cc3F)sc2c1. The smallest absolute Gasteiger partial charge is 0.263 e. The van der Waals surface area contributed by atoms with Gasteiger partial charge in [0.2, 0.25) is 0 Å². The lowest BCUT2D eigenvalue weighted by Gasteiger charge is -2.20. The Balaban J connectivity index is 1.66. The van der Waals surface area contributed by atoms with E-state index in [4.69, 9.17) is 4.74 Å². The Labute approximate surface area is 175 Å². The molecule has 0 fully saturated rings. The molecule has 2 aromatic heterocycles. The lowest BCUT2D eigenvalue weighted by atomic mass is 10.2. The van der Waals surface area contributed by atoms with Gasteiger partial charge < -0.3 is 9.30 Å². The van der Waals surface area contributed by atoms with Gasteiger partial charge in [0.1, 0.15) is 17.4 Å². The highest BCUT2D eigenvalue weighted by Gasteiger charge is 2.24. The molecule has 0 atom stereocenters. The minimum atomic E-state index is -0.901. The third-order valence-corrected chi connectivity index (χ3v) is 5.62. The van der Waals surface area contributed by atoms with Crippen LogP contribution in [0.1, 0.15) is 16.8 Å². The van der Waals surface area contributed by atoms with Gasteiger partial charge >= 0.3 is 0 Å². The number of rotatable bonds is 7. The molecule has 0 saturated heterocycles. The fourth-order valence-corrected chi connectivity index (χ4v) is 4.08. The average molecular weight is 428 g/mol. The van der Waals surface area contributed by atoms with Crippen LogP contribution < -0.4 is 9.64 Å². The first-order chi connectivity index (χ1) is 14.5. The number of imidazole rings is 1. The first-order valence-electron chi connectivity index (χ1n) is 9.22. The van der Waals surface area contributed by atoms with Gasteiger partial charge in [-0.1, -0.05) is 11.3 Å². The van der Waals surface area contributed by atoms with Gasteiger partial charge in [-0.3, -0.25) is 9.69 Å². The minimum Gasteiger partial charge on any atom is -0.497 e. The van der Waals surface area contributed by atoms with E-state index in [1.165, 1.54) is 16.2 Å². The lowest BCUT2D eigenvalue weighted by Crippen LogP contribution is -2.33. The summed E-state index contributed by atoms with van der Waals surface area (Å²) in [6.07, 6.45) is 5.80. The Bertz CT molecular complexity index is 1180. The standard InChI is InChI=1S/C21H18F2N4O2S/c1-29-15-4-6-18-19(12-15)30-21(25-18)27(9-2-8-26-10-7-24-13-26)20(28)16-5-3-14(22)11-17(16)23/h3-7,10-13H,2,8-9H2,1H3. The monoisotopic (exact) mass is 428 g/mol.